The summed E-state index contributed by atoms with van der Waals surface area (Å²) in [6, 6.07) is 3.56. The van der Waals surface area contributed by atoms with E-state index >= 15 is 0 Å². The van der Waals surface area contributed by atoms with Crippen molar-refractivity contribution in [2.45, 2.75) is 26.5 Å². The number of aliphatic hydroxyl groups is 2. The second-order valence-electron chi connectivity index (χ2n) is 4.01. The second-order valence-corrected chi connectivity index (χ2v) is 4.01. The summed E-state index contributed by atoms with van der Waals surface area (Å²) >= 11 is 0. The van der Waals surface area contributed by atoms with Crippen LogP contribution in [0.25, 0.3) is 0 Å². The first-order valence-electron chi connectivity index (χ1n) is 5.30. The van der Waals surface area contributed by atoms with Crippen LogP contribution in [0.15, 0.2) is 12.1 Å². The maximum absolute atomic E-state index is 13.3. The van der Waals surface area contributed by atoms with Crippen molar-refractivity contribution in [3.63, 3.8) is 0 Å². The van der Waals surface area contributed by atoms with Crippen LogP contribution in [-0.4, -0.2) is 29.5 Å². The Morgan fingerprint density at radius 1 is 1.31 bits per heavy atom. The van der Waals surface area contributed by atoms with Crippen molar-refractivity contribution in [2.75, 3.05) is 13.2 Å². The van der Waals surface area contributed by atoms with Crippen LogP contribution in [0.5, 0.6) is 0 Å². The van der Waals surface area contributed by atoms with E-state index < -0.39 is 6.10 Å². The molecule has 0 unspecified atom stereocenters. The zero-order valence-corrected chi connectivity index (χ0v) is 9.63. The number of nitrogens with one attached hydrogen (secondary N) is 1. The highest BCUT2D eigenvalue weighted by Crippen LogP contribution is 2.14. The smallest absolute Gasteiger partial charge is 0.129 e. The lowest BCUT2D eigenvalue weighted by Crippen LogP contribution is -2.29. The van der Waals surface area contributed by atoms with Gasteiger partial charge in [0.2, 0.25) is 0 Å². The number of aryl methyl sites for hydroxylation is 2. The number of aliphatic hydroxyl groups excluding tert-OH is 2. The third kappa shape index (κ3) is 3.56. The Morgan fingerprint density at radius 2 is 1.88 bits per heavy atom. The van der Waals surface area contributed by atoms with Gasteiger partial charge in [0, 0.05) is 13.1 Å². The van der Waals surface area contributed by atoms with Crippen LogP contribution in [0.2, 0.25) is 0 Å². The number of hydrogen-bond acceptors (Lipinski definition) is 3. The fourth-order valence-corrected chi connectivity index (χ4v) is 1.59. The molecule has 0 aliphatic rings. The van der Waals surface area contributed by atoms with Gasteiger partial charge in [0.25, 0.3) is 0 Å². The normalized spacial score (nSPS) is 12.8. The molecule has 0 saturated carbocycles. The van der Waals surface area contributed by atoms with Crippen LogP contribution >= 0.6 is 0 Å². The number of rotatable bonds is 5. The minimum absolute atomic E-state index is 0.167. The molecule has 3 nitrogen and oxygen atoms in total. The molecular weight excluding hydrogens is 209 g/mol. The molecule has 1 aromatic carbocycles. The minimum atomic E-state index is -0.748. The third-order valence-electron chi connectivity index (χ3n) is 2.42. The van der Waals surface area contributed by atoms with Gasteiger partial charge in [-0.1, -0.05) is 12.1 Å². The van der Waals surface area contributed by atoms with E-state index in [2.05, 4.69) is 5.32 Å². The highest BCUT2D eigenvalue weighted by atomic mass is 19.1. The lowest BCUT2D eigenvalue weighted by molar-refractivity contribution is 0.0942. The average Bonchev–Trinajstić information content (AvgIpc) is 2.25. The summed E-state index contributed by atoms with van der Waals surface area (Å²) in [5.41, 5.74) is 2.22. The molecule has 0 amide bonds. The summed E-state index contributed by atoms with van der Waals surface area (Å²) in [6.07, 6.45) is -0.748. The van der Waals surface area contributed by atoms with Crippen molar-refractivity contribution in [1.29, 1.82) is 0 Å². The molecule has 1 rings (SSSR count). The molecule has 0 bridgehead atoms. The van der Waals surface area contributed by atoms with Crippen LogP contribution < -0.4 is 5.32 Å². The van der Waals surface area contributed by atoms with Crippen molar-refractivity contribution >= 4 is 0 Å². The third-order valence-corrected chi connectivity index (χ3v) is 2.42. The van der Waals surface area contributed by atoms with Gasteiger partial charge in [-0.25, -0.2) is 4.39 Å². The van der Waals surface area contributed by atoms with Crippen LogP contribution in [0.4, 0.5) is 4.39 Å². The van der Waals surface area contributed by atoms with Gasteiger partial charge in [-0.15, -0.1) is 0 Å². The van der Waals surface area contributed by atoms with Crippen LogP contribution in [-0.2, 0) is 6.54 Å². The molecule has 0 radical (unpaired) electrons. The number of halogens is 1. The predicted molar refractivity (Wildman–Crippen MR) is 60.7 cm³/mol. The monoisotopic (exact) mass is 227 g/mol. The second kappa shape index (κ2) is 5.94. The molecule has 0 aromatic heterocycles. The van der Waals surface area contributed by atoms with Crippen LogP contribution in [0, 0.1) is 19.7 Å². The topological polar surface area (TPSA) is 52.5 Å². The zero-order valence-electron chi connectivity index (χ0n) is 9.63. The fourth-order valence-electron chi connectivity index (χ4n) is 1.59. The van der Waals surface area contributed by atoms with Crippen LogP contribution in [0.1, 0.15) is 16.7 Å². The van der Waals surface area contributed by atoms with Gasteiger partial charge in [-0.2, -0.15) is 0 Å². The predicted octanol–water partition coefficient (Wildman–Crippen LogP) is 0.885. The molecule has 0 fully saturated rings. The molecule has 0 heterocycles. The maximum atomic E-state index is 13.3. The van der Waals surface area contributed by atoms with E-state index in [0.717, 1.165) is 5.56 Å². The van der Waals surface area contributed by atoms with Crippen molar-refractivity contribution in [3.8, 4) is 0 Å². The summed E-state index contributed by atoms with van der Waals surface area (Å²) in [5.74, 6) is -0.167. The van der Waals surface area contributed by atoms with Crippen LogP contribution in [0.3, 0.4) is 0 Å². The van der Waals surface area contributed by atoms with Gasteiger partial charge >= 0.3 is 0 Å². The molecular formula is C12H18FNO2. The Bertz CT molecular complexity index is 332. The molecule has 0 spiro atoms. The van der Waals surface area contributed by atoms with E-state index in [1.807, 2.05) is 0 Å². The zero-order chi connectivity index (χ0) is 12.1. The first-order chi connectivity index (χ1) is 7.54. The highest BCUT2D eigenvalue weighted by molar-refractivity contribution is 5.30. The molecule has 0 aliphatic carbocycles. The lowest BCUT2D eigenvalue weighted by atomic mass is 10.1. The Balaban J connectivity index is 2.55. The van der Waals surface area contributed by atoms with E-state index in [-0.39, 0.29) is 12.4 Å². The van der Waals surface area contributed by atoms with Crippen molar-refractivity contribution in [2.24, 2.45) is 0 Å². The summed E-state index contributed by atoms with van der Waals surface area (Å²) < 4.78 is 13.3. The maximum Gasteiger partial charge on any atom is 0.129 e. The summed E-state index contributed by atoms with van der Waals surface area (Å²) in [6.45, 7) is 4.09. The average molecular weight is 227 g/mol. The van der Waals surface area contributed by atoms with Gasteiger partial charge in [-0.05, 0) is 30.5 Å². The molecule has 16 heavy (non-hydrogen) atoms. The van der Waals surface area contributed by atoms with E-state index in [9.17, 15) is 4.39 Å². The summed E-state index contributed by atoms with van der Waals surface area (Å²) in [7, 11) is 0. The summed E-state index contributed by atoms with van der Waals surface area (Å²) in [4.78, 5) is 0. The van der Waals surface area contributed by atoms with E-state index in [0.29, 0.717) is 24.2 Å². The molecule has 3 N–H and O–H groups in total. The Labute approximate surface area is 94.9 Å². The highest BCUT2D eigenvalue weighted by Gasteiger charge is 2.05. The van der Waals surface area contributed by atoms with Crippen molar-refractivity contribution in [3.05, 3.63) is 34.6 Å². The molecule has 4 heteroatoms. The quantitative estimate of drug-likeness (QED) is 0.700. The van der Waals surface area contributed by atoms with Crippen molar-refractivity contribution < 1.29 is 14.6 Å². The minimum Gasteiger partial charge on any atom is -0.394 e. The van der Waals surface area contributed by atoms with Gasteiger partial charge in [0.1, 0.15) is 5.82 Å². The van der Waals surface area contributed by atoms with Gasteiger partial charge in [-0.3, -0.25) is 0 Å². The Morgan fingerprint density at radius 3 is 2.38 bits per heavy atom. The fraction of sp³-hybridized carbons (Fsp3) is 0.500. The lowest BCUT2D eigenvalue weighted by Gasteiger charge is -2.10. The molecule has 0 saturated heterocycles. The largest absolute Gasteiger partial charge is 0.394 e. The van der Waals surface area contributed by atoms with E-state index in [1.165, 1.54) is 0 Å². The van der Waals surface area contributed by atoms with Gasteiger partial charge < -0.3 is 15.5 Å². The molecule has 0 aliphatic heterocycles. The SMILES string of the molecule is Cc1cc(CNC[C@H](O)CO)cc(C)c1F. The number of hydrogen-bond donors (Lipinski definition) is 3. The number of benzene rings is 1. The van der Waals surface area contributed by atoms with Gasteiger partial charge in [0.15, 0.2) is 0 Å². The standard InChI is InChI=1S/C12H18FNO2/c1-8-3-10(4-9(2)12(8)13)5-14-6-11(16)7-15/h3-4,11,14-16H,5-7H2,1-2H3/t11-/m0/s1. The molecule has 1 atom stereocenters. The molecule has 1 aromatic rings. The Kier molecular flexibility index (Phi) is 4.86. The van der Waals surface area contributed by atoms with Gasteiger partial charge in [0.05, 0.1) is 12.7 Å². The molecule has 90 valence electrons. The Hall–Kier alpha value is -0.970. The van der Waals surface area contributed by atoms with Crippen molar-refractivity contribution in [1.82, 2.24) is 5.32 Å². The first kappa shape index (κ1) is 13.1. The first-order valence-corrected chi connectivity index (χ1v) is 5.30. The summed E-state index contributed by atoms with van der Waals surface area (Å²) in [5, 5.41) is 20.7. The van der Waals surface area contributed by atoms with E-state index in [1.54, 1.807) is 26.0 Å². The van der Waals surface area contributed by atoms with E-state index in [4.69, 9.17) is 10.2 Å².